The molecule has 0 unspecified atom stereocenters. The van der Waals surface area contributed by atoms with Crippen LogP contribution in [0.3, 0.4) is 0 Å². The monoisotopic (exact) mass is 556 g/mol. The number of amides is 1. The Hall–Kier alpha value is -1.75. The number of carbonyl (C=O) groups excluding carboxylic acids is 1. The van der Waals surface area contributed by atoms with E-state index in [1.54, 1.807) is 30.8 Å². The summed E-state index contributed by atoms with van der Waals surface area (Å²) in [7, 11) is 3.50. The number of benzene rings is 1. The van der Waals surface area contributed by atoms with Crippen LogP contribution in [-0.2, 0) is 11.3 Å². The van der Waals surface area contributed by atoms with Crippen molar-refractivity contribution < 1.29 is 4.79 Å². The molecule has 3 rings (SSSR count). The van der Waals surface area contributed by atoms with Crippen molar-refractivity contribution in [3.8, 4) is 0 Å². The second-order valence-corrected chi connectivity index (χ2v) is 8.79. The van der Waals surface area contributed by atoms with E-state index in [-0.39, 0.29) is 36.4 Å². The normalized spacial score (nSPS) is 14.2. The predicted molar refractivity (Wildman–Crippen MR) is 138 cm³/mol. The first-order valence-electron chi connectivity index (χ1n) is 10.6. The Bertz CT molecular complexity index is 820. The van der Waals surface area contributed by atoms with Gasteiger partial charge in [0.25, 0.3) is 0 Å². The Balaban J connectivity index is 0.00000341. The lowest BCUT2D eigenvalue weighted by Crippen LogP contribution is -2.43. The highest BCUT2D eigenvalue weighted by Gasteiger charge is 2.17. The number of carbonyl (C=O) groups is 1. The molecule has 1 aromatic heterocycles. The van der Waals surface area contributed by atoms with Crippen molar-refractivity contribution in [3.63, 3.8) is 0 Å². The molecule has 1 aliphatic rings. The molecule has 1 amide bonds. The topological polar surface area (TPSA) is 74.5 Å². The predicted octanol–water partition coefficient (Wildman–Crippen LogP) is 3.53. The molecular weight excluding hydrogens is 523 g/mol. The quantitative estimate of drug-likeness (QED) is 0.163. The zero-order valence-corrected chi connectivity index (χ0v) is 21.4. The molecule has 0 spiro atoms. The van der Waals surface area contributed by atoms with Gasteiger partial charge in [-0.15, -0.1) is 35.7 Å². The maximum atomic E-state index is 11.9. The number of guanidine groups is 1. The van der Waals surface area contributed by atoms with Gasteiger partial charge in [-0.05, 0) is 31.0 Å². The van der Waals surface area contributed by atoms with E-state index in [0.717, 1.165) is 18.0 Å². The van der Waals surface area contributed by atoms with Gasteiger partial charge in [-0.1, -0.05) is 31.0 Å². The molecule has 7 nitrogen and oxygen atoms in total. The van der Waals surface area contributed by atoms with E-state index in [1.165, 1.54) is 30.6 Å². The van der Waals surface area contributed by atoms with E-state index in [9.17, 15) is 4.79 Å². The van der Waals surface area contributed by atoms with Crippen molar-refractivity contribution >= 4 is 47.6 Å². The van der Waals surface area contributed by atoms with E-state index in [0.29, 0.717) is 18.5 Å². The first-order valence-corrected chi connectivity index (χ1v) is 11.5. The van der Waals surface area contributed by atoms with Crippen LogP contribution in [0, 0.1) is 0 Å². The van der Waals surface area contributed by atoms with Gasteiger partial charge in [-0.3, -0.25) is 9.48 Å². The molecule has 0 aliphatic heterocycles. The van der Waals surface area contributed by atoms with Gasteiger partial charge in [0.1, 0.15) is 0 Å². The number of nitrogens with one attached hydrogen (secondary N) is 2. The van der Waals surface area contributed by atoms with Crippen molar-refractivity contribution in [2.24, 2.45) is 4.99 Å². The van der Waals surface area contributed by atoms with Gasteiger partial charge in [-0.2, -0.15) is 5.10 Å². The van der Waals surface area contributed by atoms with Crippen LogP contribution in [0.4, 0.5) is 0 Å². The highest BCUT2D eigenvalue weighted by atomic mass is 127. The Morgan fingerprint density at radius 3 is 2.65 bits per heavy atom. The lowest BCUT2D eigenvalue weighted by Gasteiger charge is -2.15. The zero-order chi connectivity index (χ0) is 21.2. The second kappa shape index (κ2) is 13.6. The van der Waals surface area contributed by atoms with Crippen LogP contribution >= 0.6 is 35.7 Å². The largest absolute Gasteiger partial charge is 0.356 e. The first-order chi connectivity index (χ1) is 14.6. The fourth-order valence-electron chi connectivity index (χ4n) is 3.34. The molecule has 9 heteroatoms. The summed E-state index contributed by atoms with van der Waals surface area (Å²) in [6.45, 7) is 1.44. The number of aromatic nitrogens is 2. The number of hydrogen-bond acceptors (Lipinski definition) is 4. The first kappa shape index (κ1) is 25.5. The molecule has 2 aromatic rings. The number of nitrogens with zero attached hydrogens (tertiary/aromatic N) is 4. The Labute approximate surface area is 206 Å². The lowest BCUT2D eigenvalue weighted by molar-refractivity contribution is -0.127. The summed E-state index contributed by atoms with van der Waals surface area (Å²) in [5.74, 6) is 1.55. The average molecular weight is 557 g/mol. The van der Waals surface area contributed by atoms with E-state index < -0.39 is 0 Å². The van der Waals surface area contributed by atoms with Gasteiger partial charge in [-0.25, -0.2) is 4.99 Å². The number of thioether (sulfide) groups is 1. The highest BCUT2D eigenvalue weighted by molar-refractivity contribution is 14.0. The number of hydrogen-bond donors (Lipinski definition) is 2. The summed E-state index contributed by atoms with van der Waals surface area (Å²) >= 11 is 1.79. The lowest BCUT2D eigenvalue weighted by atomic mass is 10.3. The summed E-state index contributed by atoms with van der Waals surface area (Å²) in [6.07, 6.45) is 7.07. The maximum Gasteiger partial charge on any atom is 0.241 e. The van der Waals surface area contributed by atoms with Crippen molar-refractivity contribution in [2.45, 2.75) is 43.2 Å². The minimum Gasteiger partial charge on any atom is -0.356 e. The summed E-state index contributed by atoms with van der Waals surface area (Å²) in [4.78, 5) is 19.4. The van der Waals surface area contributed by atoms with Gasteiger partial charge in [0.05, 0.1) is 24.8 Å². The van der Waals surface area contributed by atoms with Gasteiger partial charge < -0.3 is 15.5 Å². The SMILES string of the molecule is CN(C)C(=O)CNC(=NCc1ccn(C2CCCC2)n1)NCCSc1ccccc1.I. The van der Waals surface area contributed by atoms with Crippen molar-refractivity contribution in [2.75, 3.05) is 32.9 Å². The molecule has 1 saturated carbocycles. The summed E-state index contributed by atoms with van der Waals surface area (Å²) < 4.78 is 2.09. The Morgan fingerprint density at radius 1 is 1.19 bits per heavy atom. The molecule has 0 atom stereocenters. The molecule has 2 N–H and O–H groups in total. The van der Waals surface area contributed by atoms with Gasteiger partial charge in [0.15, 0.2) is 5.96 Å². The number of aliphatic imine (C=N–C) groups is 1. The minimum atomic E-state index is 0. The fraction of sp³-hybridized carbons (Fsp3) is 0.500. The molecule has 170 valence electrons. The summed E-state index contributed by atoms with van der Waals surface area (Å²) in [5, 5.41) is 11.2. The van der Waals surface area contributed by atoms with Crippen LogP contribution in [0.25, 0.3) is 0 Å². The Morgan fingerprint density at radius 2 is 1.94 bits per heavy atom. The molecule has 0 radical (unpaired) electrons. The highest BCUT2D eigenvalue weighted by Crippen LogP contribution is 2.28. The third-order valence-electron chi connectivity index (χ3n) is 5.07. The third kappa shape index (κ3) is 8.72. The molecule has 31 heavy (non-hydrogen) atoms. The number of rotatable bonds is 9. The number of likely N-dealkylation sites (N-methyl/N-ethyl adjacent to an activating group) is 1. The fourth-order valence-corrected chi connectivity index (χ4v) is 4.13. The van der Waals surface area contributed by atoms with Crippen LogP contribution in [0.2, 0.25) is 0 Å². The zero-order valence-electron chi connectivity index (χ0n) is 18.3. The molecule has 1 aliphatic carbocycles. The standard InChI is InChI=1S/C22H32N6OS.HI/c1-27(2)21(29)17-25-22(23-13-15-30-20-10-4-3-5-11-20)24-16-18-12-14-28(26-18)19-8-6-7-9-19;/h3-5,10-12,14,19H,6-9,13,15-17H2,1-2H3,(H2,23,24,25);1H. The van der Waals surface area contributed by atoms with Crippen LogP contribution in [0.5, 0.6) is 0 Å². The third-order valence-corrected chi connectivity index (χ3v) is 6.09. The molecule has 1 fully saturated rings. The van der Waals surface area contributed by atoms with E-state index in [2.05, 4.69) is 38.6 Å². The maximum absolute atomic E-state index is 11.9. The second-order valence-electron chi connectivity index (χ2n) is 7.62. The summed E-state index contributed by atoms with van der Waals surface area (Å²) in [6, 6.07) is 12.9. The van der Waals surface area contributed by atoms with Gasteiger partial charge in [0, 0.05) is 37.5 Å². The van der Waals surface area contributed by atoms with Gasteiger partial charge >= 0.3 is 0 Å². The van der Waals surface area contributed by atoms with Crippen LogP contribution in [-0.4, -0.2) is 59.5 Å². The van der Waals surface area contributed by atoms with E-state index in [4.69, 9.17) is 5.10 Å². The van der Waals surface area contributed by atoms with Crippen LogP contribution < -0.4 is 10.6 Å². The van der Waals surface area contributed by atoms with Crippen molar-refractivity contribution in [1.82, 2.24) is 25.3 Å². The molecule has 0 saturated heterocycles. The van der Waals surface area contributed by atoms with Crippen molar-refractivity contribution in [1.29, 1.82) is 0 Å². The smallest absolute Gasteiger partial charge is 0.241 e. The molecule has 0 bridgehead atoms. The van der Waals surface area contributed by atoms with Crippen LogP contribution in [0.15, 0.2) is 52.5 Å². The van der Waals surface area contributed by atoms with E-state index >= 15 is 0 Å². The van der Waals surface area contributed by atoms with Gasteiger partial charge in [0.2, 0.25) is 5.91 Å². The molecule has 1 heterocycles. The average Bonchev–Trinajstić information content (AvgIpc) is 3.44. The molecule has 1 aromatic carbocycles. The summed E-state index contributed by atoms with van der Waals surface area (Å²) in [5.41, 5.74) is 0.945. The van der Waals surface area contributed by atoms with E-state index in [1.807, 2.05) is 24.3 Å². The van der Waals surface area contributed by atoms with Crippen LogP contribution in [0.1, 0.15) is 37.4 Å². The minimum absolute atomic E-state index is 0. The molecular formula is C22H33IN6OS. The van der Waals surface area contributed by atoms with Crippen molar-refractivity contribution in [3.05, 3.63) is 48.3 Å². The number of halogens is 1. The Kier molecular flexibility index (Phi) is 11.2.